The van der Waals surface area contributed by atoms with Crippen molar-refractivity contribution in [3.63, 3.8) is 0 Å². The normalized spacial score (nSPS) is 11.2. The van der Waals surface area contributed by atoms with E-state index >= 15 is 0 Å². The fourth-order valence-corrected chi connectivity index (χ4v) is 3.16. The van der Waals surface area contributed by atoms with Crippen LogP contribution in [0, 0.1) is 5.82 Å². The van der Waals surface area contributed by atoms with E-state index in [2.05, 4.69) is 10.6 Å². The molecule has 0 saturated carbocycles. The first-order valence-corrected chi connectivity index (χ1v) is 8.47. The molecule has 0 unspecified atom stereocenters. The highest BCUT2D eigenvalue weighted by Gasteiger charge is 2.22. The van der Waals surface area contributed by atoms with E-state index in [1.807, 2.05) is 0 Å². The number of anilines is 2. The molecule has 0 aliphatic carbocycles. The van der Waals surface area contributed by atoms with Crippen molar-refractivity contribution in [1.82, 2.24) is 0 Å². The second-order valence-electron chi connectivity index (χ2n) is 4.50. The molecule has 0 radical (unpaired) electrons. The number of phenolic OH excluding ortho intramolecular Hbond substituents is 1. The summed E-state index contributed by atoms with van der Waals surface area (Å²) in [5.41, 5.74) is -0.289. The van der Waals surface area contributed by atoms with E-state index in [0.29, 0.717) is 0 Å². The van der Waals surface area contributed by atoms with E-state index in [1.54, 1.807) is 0 Å². The molecule has 0 spiro atoms. The van der Waals surface area contributed by atoms with Crippen LogP contribution < -0.4 is 15.8 Å². The van der Waals surface area contributed by atoms with Crippen molar-refractivity contribution in [3.8, 4) is 5.75 Å². The Balaban J connectivity index is 2.29. The molecule has 0 bridgehead atoms. The van der Waals surface area contributed by atoms with Crippen molar-refractivity contribution >= 4 is 50.6 Å². The summed E-state index contributed by atoms with van der Waals surface area (Å²) >= 11 is 11.4. The van der Waals surface area contributed by atoms with E-state index in [4.69, 9.17) is 28.3 Å². The number of carbonyl (C=O) groups is 1. The van der Waals surface area contributed by atoms with Crippen LogP contribution in [0.15, 0.2) is 35.2 Å². The lowest BCUT2D eigenvalue weighted by molar-refractivity contribution is 0.262. The number of nitrogens with two attached hydrogens (primary N) is 1. The minimum atomic E-state index is -4.32. The number of aromatic hydroxyl groups is 1. The van der Waals surface area contributed by atoms with Crippen LogP contribution in [0.4, 0.5) is 20.6 Å². The topological polar surface area (TPSA) is 122 Å². The average molecular weight is 394 g/mol. The Labute approximate surface area is 146 Å². The number of hydrogen-bond acceptors (Lipinski definition) is 4. The predicted molar refractivity (Wildman–Crippen MR) is 88.5 cm³/mol. The maximum absolute atomic E-state index is 13.3. The van der Waals surface area contributed by atoms with E-state index in [0.717, 1.165) is 12.1 Å². The highest BCUT2D eigenvalue weighted by atomic mass is 35.5. The maximum atomic E-state index is 13.3. The zero-order valence-electron chi connectivity index (χ0n) is 11.7. The van der Waals surface area contributed by atoms with Crippen molar-refractivity contribution in [1.29, 1.82) is 0 Å². The van der Waals surface area contributed by atoms with Gasteiger partial charge in [-0.05, 0) is 24.3 Å². The van der Waals surface area contributed by atoms with Gasteiger partial charge in [0.25, 0.3) is 0 Å². The molecule has 0 aliphatic rings. The molecule has 2 amide bonds. The van der Waals surface area contributed by atoms with Crippen LogP contribution in [0.2, 0.25) is 10.0 Å². The van der Waals surface area contributed by atoms with Gasteiger partial charge in [-0.1, -0.05) is 29.3 Å². The van der Waals surface area contributed by atoms with E-state index < -0.39 is 32.5 Å². The predicted octanol–water partition coefficient (Wildman–Crippen LogP) is 3.13. The lowest BCUT2D eigenvalue weighted by Crippen LogP contribution is -2.20. The molecule has 11 heteroatoms. The summed E-state index contributed by atoms with van der Waals surface area (Å²) < 4.78 is 36.2. The molecule has 0 aliphatic heterocycles. The van der Waals surface area contributed by atoms with Crippen LogP contribution in [0.5, 0.6) is 5.75 Å². The average Bonchev–Trinajstić information content (AvgIpc) is 2.45. The molecule has 24 heavy (non-hydrogen) atoms. The Hall–Kier alpha value is -2.07. The van der Waals surface area contributed by atoms with E-state index in [-0.39, 0.29) is 21.4 Å². The first kappa shape index (κ1) is 18.3. The van der Waals surface area contributed by atoms with Crippen molar-refractivity contribution in [2.45, 2.75) is 4.90 Å². The fraction of sp³-hybridized carbons (Fsp3) is 0. The molecule has 0 aromatic heterocycles. The largest absolute Gasteiger partial charge is 0.504 e. The van der Waals surface area contributed by atoms with Crippen LogP contribution in [0.3, 0.4) is 0 Å². The van der Waals surface area contributed by atoms with Crippen molar-refractivity contribution in [3.05, 3.63) is 46.2 Å². The van der Waals surface area contributed by atoms with Gasteiger partial charge in [0.05, 0.1) is 21.4 Å². The summed E-state index contributed by atoms with van der Waals surface area (Å²) in [5.74, 6) is -1.56. The first-order chi connectivity index (χ1) is 11.1. The lowest BCUT2D eigenvalue weighted by Gasteiger charge is -2.13. The van der Waals surface area contributed by atoms with Crippen LogP contribution in [-0.2, 0) is 10.0 Å². The molecule has 0 fully saturated rings. The molecule has 7 nitrogen and oxygen atoms in total. The molecule has 2 aromatic carbocycles. The van der Waals surface area contributed by atoms with Gasteiger partial charge in [-0.25, -0.2) is 22.7 Å². The molecule has 128 valence electrons. The summed E-state index contributed by atoms with van der Waals surface area (Å²) in [6, 6.07) is 5.18. The molecular formula is C13H10Cl2FN3O4S. The van der Waals surface area contributed by atoms with Crippen LogP contribution >= 0.6 is 23.2 Å². The number of amides is 2. The SMILES string of the molecule is NS(=O)(=O)c1c(Cl)ccc(NC(=O)Nc2cccc(F)c2Cl)c1O. The Kier molecular flexibility index (Phi) is 5.19. The minimum Gasteiger partial charge on any atom is -0.504 e. The zero-order valence-corrected chi connectivity index (χ0v) is 14.0. The van der Waals surface area contributed by atoms with E-state index in [1.165, 1.54) is 18.2 Å². The quantitative estimate of drug-likeness (QED) is 0.598. The van der Waals surface area contributed by atoms with Gasteiger partial charge in [0, 0.05) is 0 Å². The Morgan fingerprint density at radius 2 is 1.75 bits per heavy atom. The number of carbonyl (C=O) groups excluding carboxylic acids is 1. The molecule has 2 rings (SSSR count). The van der Waals surface area contributed by atoms with Gasteiger partial charge in [-0.2, -0.15) is 0 Å². The summed E-state index contributed by atoms with van der Waals surface area (Å²) in [4.78, 5) is 11.2. The minimum absolute atomic E-state index is 0.0192. The van der Waals surface area contributed by atoms with Gasteiger partial charge in [-0.3, -0.25) is 0 Å². The fourth-order valence-electron chi connectivity index (χ4n) is 1.79. The van der Waals surface area contributed by atoms with Gasteiger partial charge < -0.3 is 15.7 Å². The zero-order chi connectivity index (χ0) is 18.1. The molecule has 5 N–H and O–H groups in total. The number of primary sulfonamides is 1. The number of nitrogens with one attached hydrogen (secondary N) is 2. The highest BCUT2D eigenvalue weighted by molar-refractivity contribution is 7.89. The molecule has 0 atom stereocenters. The number of rotatable bonds is 3. The number of sulfonamides is 1. The maximum Gasteiger partial charge on any atom is 0.323 e. The monoisotopic (exact) mass is 393 g/mol. The Morgan fingerprint density at radius 3 is 2.38 bits per heavy atom. The smallest absolute Gasteiger partial charge is 0.323 e. The second-order valence-corrected chi connectivity index (χ2v) is 6.78. The molecule has 0 saturated heterocycles. The third kappa shape index (κ3) is 3.88. The van der Waals surface area contributed by atoms with Gasteiger partial charge in [0.1, 0.15) is 10.7 Å². The summed E-state index contributed by atoms with van der Waals surface area (Å²) in [6.45, 7) is 0. The molecular weight excluding hydrogens is 384 g/mol. The van der Waals surface area contributed by atoms with Gasteiger partial charge in [-0.15, -0.1) is 0 Å². The summed E-state index contributed by atoms with van der Waals surface area (Å²) in [7, 11) is -4.32. The number of halogens is 3. The van der Waals surface area contributed by atoms with Crippen molar-refractivity contribution in [2.24, 2.45) is 5.14 Å². The van der Waals surface area contributed by atoms with Gasteiger partial charge in [0.15, 0.2) is 5.75 Å². The third-order valence-corrected chi connectivity index (χ3v) is 4.61. The number of phenols is 1. The summed E-state index contributed by atoms with van der Waals surface area (Å²) in [6.07, 6.45) is 0. The second kappa shape index (κ2) is 6.81. The third-order valence-electron chi connectivity index (χ3n) is 2.82. The summed E-state index contributed by atoms with van der Waals surface area (Å²) in [5, 5.41) is 18.7. The Bertz CT molecular complexity index is 922. The number of benzene rings is 2. The molecule has 0 heterocycles. The van der Waals surface area contributed by atoms with Crippen LogP contribution in [-0.4, -0.2) is 19.6 Å². The number of urea groups is 1. The van der Waals surface area contributed by atoms with Gasteiger partial charge in [0.2, 0.25) is 10.0 Å². The lowest BCUT2D eigenvalue weighted by atomic mass is 10.3. The first-order valence-electron chi connectivity index (χ1n) is 6.17. The standard InChI is InChI=1S/C13H10Cl2FN3O4S/c14-6-4-5-9(11(20)12(6)24(17,22)23)19-13(21)18-8-3-1-2-7(16)10(8)15/h1-5,20H,(H2,17,22,23)(H2,18,19,21). The highest BCUT2D eigenvalue weighted by Crippen LogP contribution is 2.36. The van der Waals surface area contributed by atoms with E-state index in [9.17, 15) is 22.7 Å². The van der Waals surface area contributed by atoms with Crippen LogP contribution in [0.1, 0.15) is 0 Å². The van der Waals surface area contributed by atoms with Crippen molar-refractivity contribution in [2.75, 3.05) is 10.6 Å². The molecule has 2 aromatic rings. The van der Waals surface area contributed by atoms with Crippen LogP contribution in [0.25, 0.3) is 0 Å². The van der Waals surface area contributed by atoms with Crippen molar-refractivity contribution < 1.29 is 22.7 Å². The number of hydrogen-bond donors (Lipinski definition) is 4. The Morgan fingerprint density at radius 1 is 1.12 bits per heavy atom. The van der Waals surface area contributed by atoms with Gasteiger partial charge >= 0.3 is 6.03 Å².